The van der Waals surface area contributed by atoms with Gasteiger partial charge in [0.2, 0.25) is 0 Å². The molecule has 6 nitrogen and oxygen atoms in total. The zero-order valence-electron chi connectivity index (χ0n) is 15.6. The lowest BCUT2D eigenvalue weighted by molar-refractivity contribution is -0.0181. The first kappa shape index (κ1) is 17.5. The van der Waals surface area contributed by atoms with Gasteiger partial charge in [0.1, 0.15) is 5.82 Å². The van der Waals surface area contributed by atoms with Crippen molar-refractivity contribution < 1.29 is 9.90 Å². The molecule has 2 N–H and O–H groups in total. The van der Waals surface area contributed by atoms with Crippen LogP contribution in [0.2, 0.25) is 5.02 Å². The molecule has 5 rings (SSSR count). The maximum absolute atomic E-state index is 11.4. The lowest BCUT2D eigenvalue weighted by Crippen LogP contribution is -2.72. The number of aromatic carboxylic acids is 1. The number of H-pyrrole nitrogens is 1. The van der Waals surface area contributed by atoms with Crippen LogP contribution in [0.25, 0.3) is 22.0 Å². The van der Waals surface area contributed by atoms with Crippen molar-refractivity contribution in [3.63, 3.8) is 0 Å². The molecule has 2 aliphatic heterocycles. The number of hydrogen-bond acceptors (Lipinski definition) is 4. The zero-order valence-corrected chi connectivity index (χ0v) is 16.3. The van der Waals surface area contributed by atoms with Crippen molar-refractivity contribution in [2.24, 2.45) is 5.41 Å². The second-order valence-corrected chi connectivity index (χ2v) is 8.36. The van der Waals surface area contributed by atoms with Gasteiger partial charge in [-0.05, 0) is 30.8 Å². The topological polar surface area (TPSA) is 72.5 Å². The first-order valence-corrected chi connectivity index (χ1v) is 9.83. The lowest BCUT2D eigenvalue weighted by Gasteiger charge is -2.60. The number of benzene rings is 1. The molecule has 3 aromatic rings. The van der Waals surface area contributed by atoms with Crippen LogP contribution in [0, 0.1) is 5.41 Å². The Kier molecular flexibility index (Phi) is 3.89. The number of aromatic nitrogens is 2. The first-order valence-electron chi connectivity index (χ1n) is 9.46. The van der Waals surface area contributed by atoms with Crippen molar-refractivity contribution in [3.8, 4) is 11.1 Å². The molecule has 1 aromatic carbocycles. The van der Waals surface area contributed by atoms with Crippen LogP contribution in [0.3, 0.4) is 0 Å². The van der Waals surface area contributed by atoms with Gasteiger partial charge in [-0.2, -0.15) is 0 Å². The molecular weight excluding hydrogens is 376 g/mol. The second kappa shape index (κ2) is 6.22. The fourth-order valence-electron chi connectivity index (χ4n) is 4.53. The largest absolute Gasteiger partial charge is 0.478 e. The molecular formula is C21H21ClN4O2. The van der Waals surface area contributed by atoms with E-state index in [0.29, 0.717) is 21.3 Å². The maximum Gasteiger partial charge on any atom is 0.337 e. The summed E-state index contributed by atoms with van der Waals surface area (Å²) in [6.07, 6.45) is 3.31. The Morgan fingerprint density at radius 2 is 2.07 bits per heavy atom. The molecule has 1 spiro atoms. The molecule has 4 heterocycles. The van der Waals surface area contributed by atoms with Gasteiger partial charge in [0.15, 0.2) is 0 Å². The number of pyridine rings is 1. The van der Waals surface area contributed by atoms with E-state index >= 15 is 0 Å². The summed E-state index contributed by atoms with van der Waals surface area (Å²) < 4.78 is 0. The van der Waals surface area contributed by atoms with Crippen LogP contribution < -0.4 is 4.90 Å². The van der Waals surface area contributed by atoms with E-state index in [1.165, 1.54) is 19.3 Å². The number of aromatic amines is 1. The number of carboxylic acids is 1. The van der Waals surface area contributed by atoms with Crippen LogP contribution in [0.15, 0.2) is 36.7 Å². The number of halogens is 1. The van der Waals surface area contributed by atoms with Gasteiger partial charge in [0, 0.05) is 66.0 Å². The van der Waals surface area contributed by atoms with Gasteiger partial charge in [-0.25, -0.2) is 9.78 Å². The predicted molar refractivity (Wildman–Crippen MR) is 110 cm³/mol. The Hall–Kier alpha value is -2.57. The highest BCUT2D eigenvalue weighted by atomic mass is 35.5. The van der Waals surface area contributed by atoms with Crippen molar-refractivity contribution >= 4 is 34.3 Å². The molecule has 0 saturated carbocycles. The number of hydrogen-bond donors (Lipinski definition) is 2. The van der Waals surface area contributed by atoms with Gasteiger partial charge in [-0.3, -0.25) is 0 Å². The van der Waals surface area contributed by atoms with Gasteiger partial charge in [-0.15, -0.1) is 0 Å². The van der Waals surface area contributed by atoms with Crippen LogP contribution >= 0.6 is 11.6 Å². The molecule has 2 aliphatic rings. The van der Waals surface area contributed by atoms with Gasteiger partial charge in [0.25, 0.3) is 0 Å². The number of nitrogens with one attached hydrogen (secondary N) is 1. The highest BCUT2D eigenvalue weighted by Gasteiger charge is 2.51. The average molecular weight is 397 g/mol. The summed E-state index contributed by atoms with van der Waals surface area (Å²) in [4.78, 5) is 23.8. The Labute approximate surface area is 167 Å². The Balaban J connectivity index is 1.38. The Morgan fingerprint density at radius 1 is 1.29 bits per heavy atom. The summed E-state index contributed by atoms with van der Waals surface area (Å²) in [5, 5.41) is 10.6. The monoisotopic (exact) mass is 396 g/mol. The van der Waals surface area contributed by atoms with E-state index in [1.807, 2.05) is 24.4 Å². The number of anilines is 1. The van der Waals surface area contributed by atoms with Crippen molar-refractivity contribution in [1.82, 2.24) is 14.9 Å². The van der Waals surface area contributed by atoms with E-state index < -0.39 is 5.97 Å². The number of nitrogens with zero attached hydrogens (tertiary/aromatic N) is 3. The summed E-state index contributed by atoms with van der Waals surface area (Å²) in [5.74, 6) is 0.0201. The number of rotatable bonds is 4. The van der Waals surface area contributed by atoms with E-state index in [2.05, 4.69) is 26.7 Å². The van der Waals surface area contributed by atoms with Crippen LogP contribution in [-0.2, 0) is 0 Å². The summed E-state index contributed by atoms with van der Waals surface area (Å²) in [6, 6.07) is 7.61. The molecule has 0 radical (unpaired) electrons. The molecule has 0 aliphatic carbocycles. The van der Waals surface area contributed by atoms with Crippen molar-refractivity contribution in [2.75, 3.05) is 37.6 Å². The van der Waals surface area contributed by atoms with Crippen LogP contribution in [0.5, 0.6) is 0 Å². The van der Waals surface area contributed by atoms with Gasteiger partial charge >= 0.3 is 5.97 Å². The Morgan fingerprint density at radius 3 is 2.71 bits per heavy atom. The van der Waals surface area contributed by atoms with E-state index in [-0.39, 0.29) is 5.56 Å². The standard InChI is InChI=1S/C21H21ClN4O2/c1-2-25-9-21(10-25)11-26(12-21)19-4-3-13(7-24-19)14-5-15-16(20(27)28)8-23-18(15)6-17(14)22/h3-8,23H,2,9-12H2,1H3,(H,27,28). The minimum Gasteiger partial charge on any atom is -0.478 e. The summed E-state index contributed by atoms with van der Waals surface area (Å²) in [6.45, 7) is 7.85. The second-order valence-electron chi connectivity index (χ2n) is 7.95. The normalized spacial score (nSPS) is 18.3. The molecule has 0 unspecified atom stereocenters. The van der Waals surface area contributed by atoms with Crippen LogP contribution in [0.4, 0.5) is 5.82 Å². The third-order valence-electron chi connectivity index (χ3n) is 6.00. The van der Waals surface area contributed by atoms with E-state index in [9.17, 15) is 9.90 Å². The minimum atomic E-state index is -0.961. The smallest absolute Gasteiger partial charge is 0.337 e. The maximum atomic E-state index is 11.4. The summed E-state index contributed by atoms with van der Waals surface area (Å²) >= 11 is 6.45. The molecule has 2 fully saturated rings. The highest BCUT2D eigenvalue weighted by Crippen LogP contribution is 2.41. The van der Waals surface area contributed by atoms with Gasteiger partial charge in [0.05, 0.1) is 10.6 Å². The quantitative estimate of drug-likeness (QED) is 0.703. The van der Waals surface area contributed by atoms with Crippen molar-refractivity contribution in [2.45, 2.75) is 6.92 Å². The zero-order chi connectivity index (χ0) is 19.5. The third-order valence-corrected chi connectivity index (χ3v) is 6.31. The number of carbonyl (C=O) groups is 1. The molecule has 0 bridgehead atoms. The lowest BCUT2D eigenvalue weighted by atomic mass is 9.73. The Bertz CT molecular complexity index is 1060. The number of fused-ring (bicyclic) bond motifs is 1. The molecule has 144 valence electrons. The molecule has 2 aromatic heterocycles. The number of likely N-dealkylation sites (tertiary alicyclic amines) is 1. The molecule has 0 amide bonds. The third kappa shape index (κ3) is 2.67. The summed E-state index contributed by atoms with van der Waals surface area (Å²) in [7, 11) is 0. The average Bonchev–Trinajstić information content (AvgIpc) is 3.02. The molecule has 28 heavy (non-hydrogen) atoms. The van der Waals surface area contributed by atoms with Crippen molar-refractivity contribution in [1.29, 1.82) is 0 Å². The minimum absolute atomic E-state index is 0.241. The van der Waals surface area contributed by atoms with E-state index in [4.69, 9.17) is 11.6 Å². The number of carboxylic acid groups (broad SMARTS) is 1. The van der Waals surface area contributed by atoms with Crippen LogP contribution in [-0.4, -0.2) is 58.7 Å². The highest BCUT2D eigenvalue weighted by molar-refractivity contribution is 6.34. The van der Waals surface area contributed by atoms with Crippen molar-refractivity contribution in [3.05, 3.63) is 47.2 Å². The molecule has 0 atom stereocenters. The molecule has 2 saturated heterocycles. The van der Waals surface area contributed by atoms with Crippen LogP contribution in [0.1, 0.15) is 17.3 Å². The first-order chi connectivity index (χ1) is 13.5. The molecule has 7 heteroatoms. The fourth-order valence-corrected chi connectivity index (χ4v) is 4.80. The summed E-state index contributed by atoms with van der Waals surface area (Å²) in [5.41, 5.74) is 3.08. The van der Waals surface area contributed by atoms with Gasteiger partial charge < -0.3 is 19.9 Å². The predicted octanol–water partition coefficient (Wildman–Crippen LogP) is 3.72. The fraction of sp³-hybridized carbons (Fsp3) is 0.333. The SMILES string of the molecule is CCN1CC2(C1)CN(c1ccc(-c3cc4c(C(=O)O)c[nH]c4cc3Cl)cn1)C2. The van der Waals surface area contributed by atoms with E-state index in [1.54, 1.807) is 6.07 Å². The van der Waals surface area contributed by atoms with E-state index in [0.717, 1.165) is 36.6 Å². The van der Waals surface area contributed by atoms with Gasteiger partial charge in [-0.1, -0.05) is 18.5 Å².